The fraction of sp³-hybridized carbons (Fsp3) is 0.750. The lowest BCUT2D eigenvalue weighted by atomic mass is 9.93. The summed E-state index contributed by atoms with van der Waals surface area (Å²) in [7, 11) is 0. The molecule has 0 rings (SSSR count). The Kier molecular flexibility index (Phi) is 2.92. The van der Waals surface area contributed by atoms with Crippen LogP contribution in [0.25, 0.3) is 0 Å². The van der Waals surface area contributed by atoms with Gasteiger partial charge in [0.1, 0.15) is 0 Å². The van der Waals surface area contributed by atoms with Crippen LogP contribution in [0.5, 0.6) is 0 Å². The number of allylic oxidation sites excluding steroid dienone is 1. The molecule has 1 N–H and O–H groups in total. The van der Waals surface area contributed by atoms with Crippen LogP contribution >= 0.6 is 0 Å². The van der Waals surface area contributed by atoms with Crippen molar-refractivity contribution in [1.82, 2.24) is 0 Å². The molecule has 0 aliphatic rings. The van der Waals surface area contributed by atoms with Crippen molar-refractivity contribution in [2.45, 2.75) is 27.7 Å². The molecule has 0 aliphatic carbocycles. The number of hydrogen-bond donors (Lipinski definition) is 1. The van der Waals surface area contributed by atoms with E-state index in [-0.39, 0.29) is 12.0 Å². The first kappa shape index (κ1) is 8.70. The van der Waals surface area contributed by atoms with Crippen LogP contribution in [0.3, 0.4) is 0 Å². The predicted molar refractivity (Wildman–Crippen MR) is 40.3 cm³/mol. The van der Waals surface area contributed by atoms with Gasteiger partial charge in [0.25, 0.3) is 0 Å². The van der Waals surface area contributed by atoms with Crippen LogP contribution in [0, 0.1) is 5.41 Å². The number of rotatable bonds is 2. The first-order valence-electron chi connectivity index (χ1n) is 3.25. The zero-order chi connectivity index (χ0) is 7.49. The third-order valence-corrected chi connectivity index (χ3v) is 1.09. The Hall–Kier alpha value is -0.300. The van der Waals surface area contributed by atoms with Crippen LogP contribution in [-0.4, -0.2) is 11.7 Å². The van der Waals surface area contributed by atoms with Gasteiger partial charge in [0, 0.05) is 5.41 Å². The molecule has 0 saturated carbocycles. The lowest BCUT2D eigenvalue weighted by molar-refractivity contribution is 0.199. The summed E-state index contributed by atoms with van der Waals surface area (Å²) in [5.74, 6) is 0. The third kappa shape index (κ3) is 4.22. The van der Waals surface area contributed by atoms with Gasteiger partial charge in [-0.3, -0.25) is 0 Å². The van der Waals surface area contributed by atoms with E-state index in [1.54, 1.807) is 0 Å². The summed E-state index contributed by atoms with van der Waals surface area (Å²) in [5, 5.41) is 8.80. The molecular formula is C8H16O. The van der Waals surface area contributed by atoms with Gasteiger partial charge in [-0.2, -0.15) is 0 Å². The minimum Gasteiger partial charge on any atom is -0.395 e. The monoisotopic (exact) mass is 128 g/mol. The highest BCUT2D eigenvalue weighted by Crippen LogP contribution is 2.17. The topological polar surface area (TPSA) is 20.2 Å². The van der Waals surface area contributed by atoms with Gasteiger partial charge in [-0.05, 0) is 13.8 Å². The molecule has 0 aliphatic heterocycles. The van der Waals surface area contributed by atoms with Crippen molar-refractivity contribution >= 4 is 0 Å². The molecule has 0 heterocycles. The first-order chi connectivity index (χ1) is 3.98. The Morgan fingerprint density at radius 1 is 1.44 bits per heavy atom. The Bertz CT molecular complexity index is 108. The summed E-state index contributed by atoms with van der Waals surface area (Å²) in [6.45, 7) is 8.33. The van der Waals surface area contributed by atoms with E-state index >= 15 is 0 Å². The largest absolute Gasteiger partial charge is 0.395 e. The Balaban J connectivity index is 4.01. The highest BCUT2D eigenvalue weighted by atomic mass is 16.3. The summed E-state index contributed by atoms with van der Waals surface area (Å²) in [4.78, 5) is 0. The van der Waals surface area contributed by atoms with Gasteiger partial charge < -0.3 is 5.11 Å². The minimum absolute atomic E-state index is 0.0428. The SMILES string of the molecule is CC(C)=CC(C)(C)CO. The van der Waals surface area contributed by atoms with Crippen molar-refractivity contribution < 1.29 is 5.11 Å². The second-order valence-electron chi connectivity index (χ2n) is 3.37. The molecular weight excluding hydrogens is 112 g/mol. The van der Waals surface area contributed by atoms with E-state index in [4.69, 9.17) is 5.11 Å². The summed E-state index contributed by atoms with van der Waals surface area (Å²) >= 11 is 0. The van der Waals surface area contributed by atoms with Crippen molar-refractivity contribution in [2.75, 3.05) is 6.61 Å². The maximum Gasteiger partial charge on any atom is 0.0516 e. The lowest BCUT2D eigenvalue weighted by Gasteiger charge is -2.16. The smallest absolute Gasteiger partial charge is 0.0516 e. The van der Waals surface area contributed by atoms with E-state index in [1.165, 1.54) is 5.57 Å². The average Bonchev–Trinajstić information content (AvgIpc) is 1.63. The second-order valence-corrected chi connectivity index (χ2v) is 3.37. The van der Waals surface area contributed by atoms with E-state index in [0.717, 1.165) is 0 Å². The van der Waals surface area contributed by atoms with Crippen LogP contribution in [0.15, 0.2) is 11.6 Å². The summed E-state index contributed by atoms with van der Waals surface area (Å²) < 4.78 is 0. The van der Waals surface area contributed by atoms with Gasteiger partial charge in [-0.25, -0.2) is 0 Å². The van der Waals surface area contributed by atoms with Gasteiger partial charge in [0.2, 0.25) is 0 Å². The zero-order valence-corrected chi connectivity index (χ0v) is 6.73. The molecule has 0 aromatic heterocycles. The van der Waals surface area contributed by atoms with Gasteiger partial charge >= 0.3 is 0 Å². The molecule has 0 unspecified atom stereocenters. The molecule has 1 nitrogen and oxygen atoms in total. The van der Waals surface area contributed by atoms with Crippen molar-refractivity contribution in [2.24, 2.45) is 5.41 Å². The average molecular weight is 128 g/mol. The van der Waals surface area contributed by atoms with Gasteiger partial charge in [-0.15, -0.1) is 0 Å². The Morgan fingerprint density at radius 2 is 1.89 bits per heavy atom. The normalized spacial score (nSPS) is 11.2. The van der Waals surface area contributed by atoms with Gasteiger partial charge in [0.05, 0.1) is 6.61 Å². The number of aliphatic hydroxyl groups excluding tert-OH is 1. The Morgan fingerprint density at radius 3 is 2.00 bits per heavy atom. The molecule has 0 radical (unpaired) electrons. The molecule has 0 fully saturated rings. The van der Waals surface area contributed by atoms with Crippen LogP contribution in [0.2, 0.25) is 0 Å². The fourth-order valence-electron chi connectivity index (χ4n) is 0.827. The predicted octanol–water partition coefficient (Wildman–Crippen LogP) is 1.97. The molecule has 0 saturated heterocycles. The fourth-order valence-corrected chi connectivity index (χ4v) is 0.827. The number of hydrogen-bond acceptors (Lipinski definition) is 1. The summed E-state index contributed by atoms with van der Waals surface area (Å²) in [6.07, 6.45) is 2.08. The summed E-state index contributed by atoms with van der Waals surface area (Å²) in [5.41, 5.74) is 1.22. The highest BCUT2D eigenvalue weighted by molar-refractivity contribution is 5.01. The van der Waals surface area contributed by atoms with Crippen molar-refractivity contribution in [3.8, 4) is 0 Å². The van der Waals surface area contributed by atoms with Gasteiger partial charge in [0.15, 0.2) is 0 Å². The van der Waals surface area contributed by atoms with Crippen molar-refractivity contribution in [1.29, 1.82) is 0 Å². The van der Waals surface area contributed by atoms with E-state index in [0.29, 0.717) is 0 Å². The lowest BCUT2D eigenvalue weighted by Crippen LogP contribution is -2.12. The van der Waals surface area contributed by atoms with Crippen LogP contribution < -0.4 is 0 Å². The van der Waals surface area contributed by atoms with Crippen molar-refractivity contribution in [3.05, 3.63) is 11.6 Å². The molecule has 0 amide bonds. The molecule has 0 aromatic carbocycles. The molecule has 0 aromatic rings. The van der Waals surface area contributed by atoms with E-state index in [1.807, 2.05) is 27.7 Å². The quantitative estimate of drug-likeness (QED) is 0.564. The Labute approximate surface area is 57.4 Å². The van der Waals surface area contributed by atoms with Crippen LogP contribution in [-0.2, 0) is 0 Å². The van der Waals surface area contributed by atoms with Crippen LogP contribution in [0.1, 0.15) is 27.7 Å². The standard InChI is InChI=1S/C8H16O/c1-7(2)5-8(3,4)6-9/h5,9H,6H2,1-4H3. The van der Waals surface area contributed by atoms with Crippen LogP contribution in [0.4, 0.5) is 0 Å². The molecule has 0 atom stereocenters. The zero-order valence-electron chi connectivity index (χ0n) is 6.73. The van der Waals surface area contributed by atoms with E-state index in [9.17, 15) is 0 Å². The van der Waals surface area contributed by atoms with E-state index < -0.39 is 0 Å². The molecule has 54 valence electrons. The van der Waals surface area contributed by atoms with Crippen molar-refractivity contribution in [3.63, 3.8) is 0 Å². The molecule has 9 heavy (non-hydrogen) atoms. The maximum absolute atomic E-state index is 8.80. The van der Waals surface area contributed by atoms with Gasteiger partial charge in [-0.1, -0.05) is 25.5 Å². The third-order valence-electron chi connectivity index (χ3n) is 1.09. The second kappa shape index (κ2) is 3.02. The molecule has 0 bridgehead atoms. The van der Waals surface area contributed by atoms with E-state index in [2.05, 4.69) is 6.08 Å². The molecule has 1 heteroatoms. The maximum atomic E-state index is 8.80. The summed E-state index contributed by atoms with van der Waals surface area (Å²) in [6, 6.07) is 0. The first-order valence-corrected chi connectivity index (χ1v) is 3.25. The highest BCUT2D eigenvalue weighted by Gasteiger charge is 2.11. The molecule has 0 spiro atoms. The number of aliphatic hydroxyl groups is 1. The minimum atomic E-state index is -0.0428.